The maximum atomic E-state index is 3.61. The van der Waals surface area contributed by atoms with Gasteiger partial charge in [0.1, 0.15) is 0 Å². The molecule has 0 aliphatic rings. The van der Waals surface area contributed by atoms with Crippen LogP contribution in [0.25, 0.3) is 0 Å². The minimum absolute atomic E-state index is 0.488. The van der Waals surface area contributed by atoms with Gasteiger partial charge in [0.2, 0.25) is 0 Å². The molecular formula is C18H32N2. The number of hydrogen-bond donors (Lipinski definition) is 1. The molecule has 0 amide bonds. The second-order valence-corrected chi connectivity index (χ2v) is 5.76. The van der Waals surface area contributed by atoms with Crippen molar-refractivity contribution < 1.29 is 0 Å². The number of nitrogens with one attached hydrogen (secondary N) is 1. The molecular weight excluding hydrogens is 244 g/mol. The third-order valence-electron chi connectivity index (χ3n) is 4.12. The standard InChI is InChI=1S/C18H32N2/c1-6-9-15(4)20(5)17-12-10-16(11-13-17)18(8-3)19-14-7-2/h10-13,15,18-19H,6-9,14H2,1-5H3. The Morgan fingerprint density at radius 2 is 1.70 bits per heavy atom. The zero-order chi connectivity index (χ0) is 15.0. The van der Waals surface area contributed by atoms with Gasteiger partial charge in [-0.3, -0.25) is 0 Å². The number of hydrogen-bond acceptors (Lipinski definition) is 2. The first-order valence-electron chi connectivity index (χ1n) is 8.20. The Labute approximate surface area is 125 Å². The lowest BCUT2D eigenvalue weighted by atomic mass is 10.0. The Morgan fingerprint density at radius 3 is 2.20 bits per heavy atom. The monoisotopic (exact) mass is 276 g/mol. The van der Waals surface area contributed by atoms with Crippen LogP contribution in [0.3, 0.4) is 0 Å². The summed E-state index contributed by atoms with van der Waals surface area (Å²) in [5, 5.41) is 3.61. The molecule has 0 aliphatic carbocycles. The summed E-state index contributed by atoms with van der Waals surface area (Å²) in [4.78, 5) is 2.38. The van der Waals surface area contributed by atoms with Gasteiger partial charge in [-0.05, 0) is 50.4 Å². The highest BCUT2D eigenvalue weighted by Gasteiger charge is 2.11. The van der Waals surface area contributed by atoms with Gasteiger partial charge in [-0.2, -0.15) is 0 Å². The van der Waals surface area contributed by atoms with Crippen LogP contribution in [0.4, 0.5) is 5.69 Å². The van der Waals surface area contributed by atoms with E-state index in [1.54, 1.807) is 0 Å². The van der Waals surface area contributed by atoms with Gasteiger partial charge in [-0.15, -0.1) is 0 Å². The van der Waals surface area contributed by atoms with Gasteiger partial charge in [0.15, 0.2) is 0 Å². The van der Waals surface area contributed by atoms with Gasteiger partial charge in [0.05, 0.1) is 0 Å². The Kier molecular flexibility index (Phi) is 7.68. The predicted molar refractivity (Wildman–Crippen MR) is 90.5 cm³/mol. The number of rotatable bonds is 9. The van der Waals surface area contributed by atoms with E-state index in [1.165, 1.54) is 30.5 Å². The highest BCUT2D eigenvalue weighted by Crippen LogP contribution is 2.22. The maximum Gasteiger partial charge on any atom is 0.0366 e. The smallest absolute Gasteiger partial charge is 0.0366 e. The summed E-state index contributed by atoms with van der Waals surface area (Å²) in [6.45, 7) is 10.1. The van der Waals surface area contributed by atoms with E-state index in [4.69, 9.17) is 0 Å². The predicted octanol–water partition coefficient (Wildman–Crippen LogP) is 4.76. The van der Waals surface area contributed by atoms with E-state index < -0.39 is 0 Å². The molecule has 2 unspecified atom stereocenters. The number of anilines is 1. The molecule has 2 nitrogen and oxygen atoms in total. The third kappa shape index (κ3) is 4.82. The molecule has 0 radical (unpaired) electrons. The van der Waals surface area contributed by atoms with Crippen LogP contribution in [0, 0.1) is 0 Å². The zero-order valence-electron chi connectivity index (χ0n) is 13.9. The second-order valence-electron chi connectivity index (χ2n) is 5.76. The molecule has 0 spiro atoms. The first-order chi connectivity index (χ1) is 9.63. The fourth-order valence-electron chi connectivity index (χ4n) is 2.62. The minimum Gasteiger partial charge on any atom is -0.372 e. The first kappa shape index (κ1) is 17.0. The summed E-state index contributed by atoms with van der Waals surface area (Å²) in [6.07, 6.45) is 4.81. The van der Waals surface area contributed by atoms with Gasteiger partial charge < -0.3 is 10.2 Å². The molecule has 114 valence electrons. The van der Waals surface area contributed by atoms with Crippen molar-refractivity contribution >= 4 is 5.69 Å². The van der Waals surface area contributed by atoms with Crippen molar-refractivity contribution in [1.82, 2.24) is 5.32 Å². The summed E-state index contributed by atoms with van der Waals surface area (Å²) in [7, 11) is 2.20. The molecule has 1 aromatic rings. The molecule has 1 aromatic carbocycles. The van der Waals surface area contributed by atoms with Crippen molar-refractivity contribution in [1.29, 1.82) is 0 Å². The lowest BCUT2D eigenvalue weighted by molar-refractivity contribution is 0.518. The van der Waals surface area contributed by atoms with Crippen molar-refractivity contribution in [2.45, 2.75) is 65.5 Å². The average molecular weight is 276 g/mol. The Balaban J connectivity index is 2.71. The molecule has 0 bridgehead atoms. The average Bonchev–Trinajstić information content (AvgIpc) is 2.48. The van der Waals surface area contributed by atoms with Gasteiger partial charge in [-0.1, -0.05) is 39.3 Å². The van der Waals surface area contributed by atoms with Crippen LogP contribution in [0.15, 0.2) is 24.3 Å². The minimum atomic E-state index is 0.488. The summed E-state index contributed by atoms with van der Waals surface area (Å²) in [5.41, 5.74) is 2.72. The highest BCUT2D eigenvalue weighted by molar-refractivity contribution is 5.48. The lowest BCUT2D eigenvalue weighted by Gasteiger charge is -2.27. The van der Waals surface area contributed by atoms with Gasteiger partial charge in [-0.25, -0.2) is 0 Å². The maximum absolute atomic E-state index is 3.61. The van der Waals surface area contributed by atoms with Crippen molar-refractivity contribution in [3.63, 3.8) is 0 Å². The van der Waals surface area contributed by atoms with Crippen molar-refractivity contribution in [2.24, 2.45) is 0 Å². The third-order valence-corrected chi connectivity index (χ3v) is 4.12. The molecule has 0 fully saturated rings. The van der Waals surface area contributed by atoms with Crippen LogP contribution >= 0.6 is 0 Å². The number of benzene rings is 1. The molecule has 0 saturated carbocycles. The molecule has 2 atom stereocenters. The van der Waals surface area contributed by atoms with E-state index >= 15 is 0 Å². The van der Waals surface area contributed by atoms with E-state index in [0.717, 1.165) is 13.0 Å². The molecule has 1 N–H and O–H groups in total. The van der Waals surface area contributed by atoms with Gasteiger partial charge >= 0.3 is 0 Å². The summed E-state index contributed by atoms with van der Waals surface area (Å²) >= 11 is 0. The lowest BCUT2D eigenvalue weighted by Crippen LogP contribution is -2.28. The van der Waals surface area contributed by atoms with Crippen LogP contribution in [0.2, 0.25) is 0 Å². The molecule has 0 aromatic heterocycles. The van der Waals surface area contributed by atoms with Crippen LogP contribution in [-0.4, -0.2) is 19.6 Å². The largest absolute Gasteiger partial charge is 0.372 e. The van der Waals surface area contributed by atoms with Gasteiger partial charge in [0, 0.05) is 24.8 Å². The summed E-state index contributed by atoms with van der Waals surface area (Å²) < 4.78 is 0. The molecule has 20 heavy (non-hydrogen) atoms. The fraction of sp³-hybridized carbons (Fsp3) is 0.667. The molecule has 0 saturated heterocycles. The van der Waals surface area contributed by atoms with Crippen molar-refractivity contribution in [3.05, 3.63) is 29.8 Å². The van der Waals surface area contributed by atoms with Crippen LogP contribution < -0.4 is 10.2 Å². The quantitative estimate of drug-likeness (QED) is 0.699. The zero-order valence-corrected chi connectivity index (χ0v) is 13.9. The van der Waals surface area contributed by atoms with Crippen LogP contribution in [0.1, 0.15) is 65.0 Å². The summed E-state index contributed by atoms with van der Waals surface area (Å²) in [5.74, 6) is 0. The van der Waals surface area contributed by atoms with Crippen molar-refractivity contribution in [3.8, 4) is 0 Å². The van der Waals surface area contributed by atoms with E-state index in [2.05, 4.69) is 69.2 Å². The van der Waals surface area contributed by atoms with Crippen molar-refractivity contribution in [2.75, 3.05) is 18.5 Å². The van der Waals surface area contributed by atoms with E-state index in [9.17, 15) is 0 Å². The Bertz CT molecular complexity index is 337. The fourth-order valence-corrected chi connectivity index (χ4v) is 2.62. The molecule has 0 aliphatic heterocycles. The first-order valence-corrected chi connectivity index (χ1v) is 8.20. The van der Waals surface area contributed by atoms with E-state index in [1.807, 2.05) is 0 Å². The molecule has 2 heteroatoms. The topological polar surface area (TPSA) is 15.3 Å². The highest BCUT2D eigenvalue weighted by atomic mass is 15.1. The van der Waals surface area contributed by atoms with E-state index in [-0.39, 0.29) is 0 Å². The molecule has 0 heterocycles. The molecule has 1 rings (SSSR count). The normalized spacial score (nSPS) is 14.1. The van der Waals surface area contributed by atoms with E-state index in [0.29, 0.717) is 12.1 Å². The van der Waals surface area contributed by atoms with Crippen LogP contribution in [-0.2, 0) is 0 Å². The SMILES string of the molecule is CCCNC(CC)c1ccc(N(C)C(C)CCC)cc1. The number of nitrogens with zero attached hydrogens (tertiary/aromatic N) is 1. The van der Waals surface area contributed by atoms with Gasteiger partial charge in [0.25, 0.3) is 0 Å². The Morgan fingerprint density at radius 1 is 1.05 bits per heavy atom. The van der Waals surface area contributed by atoms with Crippen LogP contribution in [0.5, 0.6) is 0 Å². The Hall–Kier alpha value is -1.02. The summed E-state index contributed by atoms with van der Waals surface area (Å²) in [6, 6.07) is 10.2. The second kappa shape index (κ2) is 9.02.